The third kappa shape index (κ3) is 2.83. The van der Waals surface area contributed by atoms with Crippen molar-refractivity contribution < 1.29 is 0 Å². The SMILES string of the molecule is CN(C)c1nccc(N(C)C2CN(c3ccc4nnc(C5CC5)n4n3)C2)n1. The summed E-state index contributed by atoms with van der Waals surface area (Å²) in [6.45, 7) is 1.83. The number of nitrogens with zero attached hydrogens (tertiary/aromatic N) is 9. The zero-order valence-electron chi connectivity index (χ0n) is 15.8. The Bertz CT molecular complexity index is 972. The van der Waals surface area contributed by atoms with Crippen LogP contribution < -0.4 is 14.7 Å². The molecule has 140 valence electrons. The van der Waals surface area contributed by atoms with Crippen LogP contribution in [-0.4, -0.2) is 70.1 Å². The van der Waals surface area contributed by atoms with Crippen molar-refractivity contribution in [3.8, 4) is 0 Å². The van der Waals surface area contributed by atoms with Gasteiger partial charge in [-0.1, -0.05) is 0 Å². The maximum atomic E-state index is 4.79. The minimum atomic E-state index is 0.399. The van der Waals surface area contributed by atoms with Crippen LogP contribution in [0, 0.1) is 0 Å². The summed E-state index contributed by atoms with van der Waals surface area (Å²) >= 11 is 0. The maximum Gasteiger partial charge on any atom is 0.226 e. The standard InChI is InChI=1S/C18H23N9/c1-24(2)18-19-9-8-14(20-18)25(3)13-10-26(11-13)16-7-6-15-21-22-17(12-4-5-12)27(15)23-16/h6-9,12-13H,4-5,10-11H2,1-3H3. The lowest BCUT2D eigenvalue weighted by Gasteiger charge is -2.45. The number of fused-ring (bicyclic) bond motifs is 1. The first-order valence-corrected chi connectivity index (χ1v) is 9.30. The number of rotatable bonds is 5. The molecule has 27 heavy (non-hydrogen) atoms. The summed E-state index contributed by atoms with van der Waals surface area (Å²) in [6, 6.07) is 6.40. The predicted molar refractivity (Wildman–Crippen MR) is 104 cm³/mol. The molecule has 0 N–H and O–H groups in total. The van der Waals surface area contributed by atoms with Gasteiger partial charge in [-0.25, -0.2) is 4.98 Å². The van der Waals surface area contributed by atoms with E-state index in [-0.39, 0.29) is 0 Å². The van der Waals surface area contributed by atoms with Crippen molar-refractivity contribution in [2.75, 3.05) is 48.9 Å². The van der Waals surface area contributed by atoms with E-state index < -0.39 is 0 Å². The molecule has 0 unspecified atom stereocenters. The molecule has 4 heterocycles. The van der Waals surface area contributed by atoms with E-state index in [0.29, 0.717) is 12.0 Å². The highest BCUT2D eigenvalue weighted by atomic mass is 15.4. The Morgan fingerprint density at radius 1 is 1.04 bits per heavy atom. The molecule has 0 aromatic carbocycles. The van der Waals surface area contributed by atoms with Crippen molar-refractivity contribution >= 4 is 23.2 Å². The highest BCUT2D eigenvalue weighted by molar-refractivity contribution is 5.51. The summed E-state index contributed by atoms with van der Waals surface area (Å²) in [6.07, 6.45) is 4.19. The molecule has 0 bridgehead atoms. The van der Waals surface area contributed by atoms with Crippen molar-refractivity contribution in [3.63, 3.8) is 0 Å². The predicted octanol–water partition coefficient (Wildman–Crippen LogP) is 1.18. The van der Waals surface area contributed by atoms with Crippen LogP contribution in [0.5, 0.6) is 0 Å². The van der Waals surface area contributed by atoms with Gasteiger partial charge in [0.1, 0.15) is 11.6 Å². The molecule has 9 nitrogen and oxygen atoms in total. The molecule has 1 aliphatic carbocycles. The molecule has 0 spiro atoms. The van der Waals surface area contributed by atoms with Crippen LogP contribution in [0.3, 0.4) is 0 Å². The molecule has 1 aliphatic heterocycles. The number of likely N-dealkylation sites (N-methyl/N-ethyl adjacent to an activating group) is 1. The number of aromatic nitrogens is 6. The average Bonchev–Trinajstić information content (AvgIpc) is 3.40. The van der Waals surface area contributed by atoms with Crippen LogP contribution in [0.2, 0.25) is 0 Å². The maximum absolute atomic E-state index is 4.79. The second kappa shape index (κ2) is 6.04. The first-order chi connectivity index (χ1) is 13.1. The van der Waals surface area contributed by atoms with E-state index in [9.17, 15) is 0 Å². The molecule has 1 saturated carbocycles. The lowest BCUT2D eigenvalue weighted by Crippen LogP contribution is -2.59. The van der Waals surface area contributed by atoms with E-state index in [1.54, 1.807) is 0 Å². The highest BCUT2D eigenvalue weighted by Gasteiger charge is 2.33. The van der Waals surface area contributed by atoms with Gasteiger partial charge in [-0.05, 0) is 31.0 Å². The van der Waals surface area contributed by atoms with Gasteiger partial charge < -0.3 is 14.7 Å². The lowest BCUT2D eigenvalue weighted by atomic mass is 10.1. The number of hydrogen-bond donors (Lipinski definition) is 0. The van der Waals surface area contributed by atoms with E-state index in [2.05, 4.69) is 37.0 Å². The second-order valence-electron chi connectivity index (χ2n) is 7.57. The molecule has 0 amide bonds. The average molecular weight is 365 g/mol. The molecule has 2 aliphatic rings. The van der Waals surface area contributed by atoms with Crippen LogP contribution in [0.25, 0.3) is 5.65 Å². The Hall–Kier alpha value is -2.97. The molecular formula is C18H23N9. The third-order valence-corrected chi connectivity index (χ3v) is 5.34. The molecule has 3 aromatic heterocycles. The number of anilines is 3. The third-order valence-electron chi connectivity index (χ3n) is 5.34. The van der Waals surface area contributed by atoms with Gasteiger partial charge in [0.15, 0.2) is 11.5 Å². The Morgan fingerprint density at radius 3 is 2.59 bits per heavy atom. The monoisotopic (exact) mass is 365 g/mol. The van der Waals surface area contributed by atoms with Crippen LogP contribution in [0.15, 0.2) is 24.4 Å². The van der Waals surface area contributed by atoms with Crippen molar-refractivity contribution in [3.05, 3.63) is 30.2 Å². The summed E-state index contributed by atoms with van der Waals surface area (Å²) in [5.74, 6) is 4.17. The van der Waals surface area contributed by atoms with E-state index in [1.165, 1.54) is 12.8 Å². The van der Waals surface area contributed by atoms with Gasteiger partial charge >= 0.3 is 0 Å². The highest BCUT2D eigenvalue weighted by Crippen LogP contribution is 2.39. The number of hydrogen-bond acceptors (Lipinski definition) is 8. The van der Waals surface area contributed by atoms with Gasteiger partial charge in [0, 0.05) is 46.3 Å². The molecular weight excluding hydrogens is 342 g/mol. The minimum Gasteiger partial charge on any atom is -0.353 e. The van der Waals surface area contributed by atoms with Crippen LogP contribution in [0.4, 0.5) is 17.6 Å². The quantitative estimate of drug-likeness (QED) is 0.667. The van der Waals surface area contributed by atoms with Gasteiger partial charge in [-0.3, -0.25) is 0 Å². The Morgan fingerprint density at radius 2 is 1.85 bits per heavy atom. The van der Waals surface area contributed by atoms with Crippen LogP contribution >= 0.6 is 0 Å². The Balaban J connectivity index is 1.31. The fourth-order valence-electron chi connectivity index (χ4n) is 3.39. The summed E-state index contributed by atoms with van der Waals surface area (Å²) in [5.41, 5.74) is 0.826. The minimum absolute atomic E-state index is 0.399. The fraction of sp³-hybridized carbons (Fsp3) is 0.500. The van der Waals surface area contributed by atoms with Gasteiger partial charge in [-0.2, -0.15) is 9.50 Å². The van der Waals surface area contributed by atoms with Gasteiger partial charge in [-0.15, -0.1) is 15.3 Å². The molecule has 1 saturated heterocycles. The van der Waals surface area contributed by atoms with E-state index >= 15 is 0 Å². The summed E-state index contributed by atoms with van der Waals surface area (Å²) in [5, 5.41) is 13.3. The molecule has 9 heteroatoms. The molecule has 0 radical (unpaired) electrons. The zero-order chi connectivity index (χ0) is 18.5. The van der Waals surface area contributed by atoms with Crippen molar-refractivity contribution in [2.24, 2.45) is 0 Å². The lowest BCUT2D eigenvalue weighted by molar-refractivity contribution is 0.486. The molecule has 0 atom stereocenters. The van der Waals surface area contributed by atoms with Crippen molar-refractivity contribution in [2.45, 2.75) is 24.8 Å². The normalized spacial score (nSPS) is 17.2. The zero-order valence-corrected chi connectivity index (χ0v) is 15.8. The molecule has 3 aromatic rings. The summed E-state index contributed by atoms with van der Waals surface area (Å²) in [7, 11) is 5.99. The van der Waals surface area contributed by atoms with Gasteiger partial charge in [0.2, 0.25) is 5.95 Å². The van der Waals surface area contributed by atoms with Gasteiger partial charge in [0.25, 0.3) is 0 Å². The smallest absolute Gasteiger partial charge is 0.226 e. The van der Waals surface area contributed by atoms with Crippen LogP contribution in [-0.2, 0) is 0 Å². The van der Waals surface area contributed by atoms with Gasteiger partial charge in [0.05, 0.1) is 6.04 Å². The van der Waals surface area contributed by atoms with E-state index in [1.807, 2.05) is 47.9 Å². The van der Waals surface area contributed by atoms with Crippen LogP contribution in [0.1, 0.15) is 24.6 Å². The Labute approximate surface area is 157 Å². The topological polar surface area (TPSA) is 78.6 Å². The summed E-state index contributed by atoms with van der Waals surface area (Å²) in [4.78, 5) is 15.3. The first-order valence-electron chi connectivity index (χ1n) is 9.30. The molecule has 2 fully saturated rings. The van der Waals surface area contributed by atoms with E-state index in [0.717, 1.165) is 42.1 Å². The molecule has 5 rings (SSSR count). The second-order valence-corrected chi connectivity index (χ2v) is 7.57. The largest absolute Gasteiger partial charge is 0.353 e. The van der Waals surface area contributed by atoms with E-state index in [4.69, 9.17) is 5.10 Å². The van der Waals surface area contributed by atoms with Crippen molar-refractivity contribution in [1.29, 1.82) is 0 Å². The fourth-order valence-corrected chi connectivity index (χ4v) is 3.39. The Kier molecular flexibility index (Phi) is 3.63. The van der Waals surface area contributed by atoms with Crippen molar-refractivity contribution in [1.82, 2.24) is 29.8 Å². The summed E-state index contributed by atoms with van der Waals surface area (Å²) < 4.78 is 1.91. The first kappa shape index (κ1) is 16.2.